The Bertz CT molecular complexity index is 1230. The van der Waals surface area contributed by atoms with E-state index in [0.29, 0.717) is 29.7 Å². The van der Waals surface area contributed by atoms with E-state index in [1.54, 1.807) is 17.9 Å². The van der Waals surface area contributed by atoms with Crippen molar-refractivity contribution in [1.29, 1.82) is 0 Å². The van der Waals surface area contributed by atoms with Crippen molar-refractivity contribution >= 4 is 17.5 Å². The number of aryl methyl sites for hydroxylation is 1. The Kier molecular flexibility index (Phi) is 6.39. The number of benzene rings is 1. The van der Waals surface area contributed by atoms with Crippen molar-refractivity contribution in [3.8, 4) is 17.3 Å². The molecule has 4 heterocycles. The fourth-order valence-corrected chi connectivity index (χ4v) is 4.97. The van der Waals surface area contributed by atoms with Crippen molar-refractivity contribution in [2.75, 3.05) is 37.0 Å². The van der Waals surface area contributed by atoms with Crippen LogP contribution in [-0.4, -0.2) is 52.7 Å². The van der Waals surface area contributed by atoms with Gasteiger partial charge in [-0.15, -0.1) is 10.2 Å². The summed E-state index contributed by atoms with van der Waals surface area (Å²) in [4.78, 5) is 15.1. The van der Waals surface area contributed by atoms with Gasteiger partial charge in [-0.05, 0) is 44.4 Å². The summed E-state index contributed by atoms with van der Waals surface area (Å²) in [6, 6.07) is 9.61. The minimum Gasteiger partial charge on any atom is -0.493 e. The first kappa shape index (κ1) is 22.9. The Labute approximate surface area is 204 Å². The third-order valence-electron chi connectivity index (χ3n) is 6.59. The van der Waals surface area contributed by atoms with Gasteiger partial charge in [0.15, 0.2) is 23.1 Å². The number of piperidine rings is 1. The first-order valence-electron chi connectivity index (χ1n) is 12.0. The number of carbonyl (C=O) groups excluding carboxylic acids is 1. The molecule has 0 bridgehead atoms. The molecule has 1 amide bonds. The van der Waals surface area contributed by atoms with E-state index in [-0.39, 0.29) is 18.2 Å². The van der Waals surface area contributed by atoms with Crippen LogP contribution in [0.3, 0.4) is 0 Å². The van der Waals surface area contributed by atoms with Gasteiger partial charge in [0.05, 0.1) is 12.8 Å². The standard InChI is InChI=1S/C26H30N6O3/c1-4-15-35-25-18(9-8-10-20(25)34-3)19-16-23(33)27-26-24(19)17(2)30-32(26)22-12-11-21(28-29-22)31-13-6-5-7-14-31/h4,8-12,19H,1,5-7,13-16H2,2-3H3,(H,27,33)/t19-/m1/s1. The predicted octanol–water partition coefficient (Wildman–Crippen LogP) is 4.01. The molecule has 0 unspecified atom stereocenters. The summed E-state index contributed by atoms with van der Waals surface area (Å²) in [5.74, 6) is 2.92. The molecule has 2 aliphatic rings. The highest BCUT2D eigenvalue weighted by molar-refractivity contribution is 5.95. The number of nitrogens with one attached hydrogen (secondary N) is 1. The van der Waals surface area contributed by atoms with E-state index in [0.717, 1.165) is 35.7 Å². The number of aromatic nitrogens is 4. The van der Waals surface area contributed by atoms with Gasteiger partial charge >= 0.3 is 0 Å². The number of nitrogens with zero attached hydrogens (tertiary/aromatic N) is 5. The van der Waals surface area contributed by atoms with Crippen molar-refractivity contribution in [1.82, 2.24) is 20.0 Å². The number of methoxy groups -OCH3 is 1. The second-order valence-electron chi connectivity index (χ2n) is 8.84. The Balaban J connectivity index is 1.54. The highest BCUT2D eigenvalue weighted by Gasteiger charge is 2.35. The Morgan fingerprint density at radius 1 is 1.14 bits per heavy atom. The van der Waals surface area contributed by atoms with E-state index in [9.17, 15) is 4.79 Å². The molecule has 1 aromatic carbocycles. The lowest BCUT2D eigenvalue weighted by Crippen LogP contribution is -2.30. The summed E-state index contributed by atoms with van der Waals surface area (Å²) in [6.07, 6.45) is 5.56. The van der Waals surface area contributed by atoms with Crippen molar-refractivity contribution in [3.05, 3.63) is 59.8 Å². The molecule has 0 radical (unpaired) electrons. The van der Waals surface area contributed by atoms with Gasteiger partial charge in [0.1, 0.15) is 12.4 Å². The Morgan fingerprint density at radius 2 is 1.91 bits per heavy atom. The summed E-state index contributed by atoms with van der Waals surface area (Å²) in [5, 5.41) is 16.7. The van der Waals surface area contributed by atoms with Gasteiger partial charge in [-0.3, -0.25) is 4.79 Å². The second-order valence-corrected chi connectivity index (χ2v) is 8.84. The molecule has 1 atom stereocenters. The van der Waals surface area contributed by atoms with Gasteiger partial charge in [0.2, 0.25) is 5.91 Å². The van der Waals surface area contributed by atoms with E-state index in [2.05, 4.69) is 27.0 Å². The molecule has 9 nitrogen and oxygen atoms in total. The van der Waals surface area contributed by atoms with Crippen LogP contribution in [0.4, 0.5) is 11.6 Å². The van der Waals surface area contributed by atoms with Crippen LogP contribution in [0.1, 0.15) is 48.4 Å². The molecule has 1 N–H and O–H groups in total. The summed E-state index contributed by atoms with van der Waals surface area (Å²) in [6.45, 7) is 8.02. The first-order valence-corrected chi connectivity index (χ1v) is 12.0. The highest BCUT2D eigenvalue weighted by atomic mass is 16.5. The fourth-order valence-electron chi connectivity index (χ4n) is 4.97. The maximum atomic E-state index is 12.9. The number of para-hydroxylation sites is 1. The number of fused-ring (bicyclic) bond motifs is 1. The number of ether oxygens (including phenoxy) is 2. The van der Waals surface area contributed by atoms with Gasteiger partial charge in [-0.2, -0.15) is 9.78 Å². The molecule has 1 saturated heterocycles. The lowest BCUT2D eigenvalue weighted by atomic mass is 9.85. The minimum absolute atomic E-state index is 0.0981. The van der Waals surface area contributed by atoms with Crippen LogP contribution in [0.2, 0.25) is 0 Å². The van der Waals surface area contributed by atoms with Crippen LogP contribution in [0.15, 0.2) is 43.0 Å². The van der Waals surface area contributed by atoms with Crippen LogP contribution in [0, 0.1) is 6.92 Å². The monoisotopic (exact) mass is 474 g/mol. The fraction of sp³-hybridized carbons (Fsp3) is 0.385. The average Bonchev–Trinajstić information content (AvgIpc) is 3.23. The maximum absolute atomic E-state index is 12.9. The van der Waals surface area contributed by atoms with E-state index in [1.165, 1.54) is 19.3 Å². The van der Waals surface area contributed by atoms with Crippen LogP contribution < -0.4 is 19.7 Å². The number of amides is 1. The van der Waals surface area contributed by atoms with Gasteiger partial charge in [0, 0.05) is 36.6 Å². The topological polar surface area (TPSA) is 94.4 Å². The zero-order valence-electron chi connectivity index (χ0n) is 20.2. The summed E-state index contributed by atoms with van der Waals surface area (Å²) in [7, 11) is 1.61. The molecule has 2 aromatic heterocycles. The maximum Gasteiger partial charge on any atom is 0.226 e. The summed E-state index contributed by atoms with van der Waals surface area (Å²) < 4.78 is 13.2. The molecule has 2 aliphatic heterocycles. The zero-order chi connectivity index (χ0) is 24.4. The summed E-state index contributed by atoms with van der Waals surface area (Å²) >= 11 is 0. The molecule has 35 heavy (non-hydrogen) atoms. The lowest BCUT2D eigenvalue weighted by molar-refractivity contribution is -0.116. The molecule has 1 fully saturated rings. The summed E-state index contributed by atoms with van der Waals surface area (Å²) in [5.41, 5.74) is 2.61. The van der Waals surface area contributed by atoms with Crippen LogP contribution in [-0.2, 0) is 4.79 Å². The average molecular weight is 475 g/mol. The van der Waals surface area contributed by atoms with Crippen molar-refractivity contribution in [2.45, 2.75) is 38.5 Å². The minimum atomic E-state index is -0.247. The van der Waals surface area contributed by atoms with Gasteiger partial charge < -0.3 is 19.7 Å². The number of hydrogen-bond donors (Lipinski definition) is 1. The smallest absolute Gasteiger partial charge is 0.226 e. The molecule has 9 heteroatoms. The molecule has 0 saturated carbocycles. The van der Waals surface area contributed by atoms with E-state index in [1.807, 2.05) is 37.3 Å². The first-order chi connectivity index (χ1) is 17.1. The molecular formula is C26H30N6O3. The van der Waals surface area contributed by atoms with Crippen LogP contribution in [0.5, 0.6) is 11.5 Å². The van der Waals surface area contributed by atoms with Crippen molar-refractivity contribution in [3.63, 3.8) is 0 Å². The van der Waals surface area contributed by atoms with Crippen molar-refractivity contribution in [2.24, 2.45) is 0 Å². The van der Waals surface area contributed by atoms with Crippen molar-refractivity contribution < 1.29 is 14.3 Å². The Morgan fingerprint density at radius 3 is 2.63 bits per heavy atom. The van der Waals surface area contributed by atoms with E-state index in [4.69, 9.17) is 14.6 Å². The quantitative estimate of drug-likeness (QED) is 0.517. The van der Waals surface area contributed by atoms with Crippen LogP contribution in [0.25, 0.3) is 5.82 Å². The number of hydrogen-bond acceptors (Lipinski definition) is 7. The molecule has 5 rings (SSSR count). The predicted molar refractivity (Wildman–Crippen MR) is 134 cm³/mol. The van der Waals surface area contributed by atoms with Gasteiger partial charge in [-0.1, -0.05) is 24.8 Å². The third kappa shape index (κ3) is 4.34. The Hall–Kier alpha value is -3.88. The molecule has 182 valence electrons. The largest absolute Gasteiger partial charge is 0.493 e. The highest BCUT2D eigenvalue weighted by Crippen LogP contribution is 2.45. The number of anilines is 2. The van der Waals surface area contributed by atoms with Gasteiger partial charge in [0.25, 0.3) is 0 Å². The molecule has 0 aliphatic carbocycles. The molecular weight excluding hydrogens is 444 g/mol. The normalized spacial score (nSPS) is 17.5. The second kappa shape index (κ2) is 9.77. The molecule has 0 spiro atoms. The molecule has 3 aromatic rings. The number of rotatable bonds is 7. The van der Waals surface area contributed by atoms with Gasteiger partial charge in [-0.25, -0.2) is 0 Å². The number of carbonyl (C=O) groups is 1. The van der Waals surface area contributed by atoms with E-state index < -0.39 is 0 Å². The SMILES string of the molecule is C=CCOc1c(OC)cccc1[C@H]1CC(=O)Nc2c1c(C)nn2-c1ccc(N2CCCCC2)nn1. The zero-order valence-corrected chi connectivity index (χ0v) is 20.2. The van der Waals surface area contributed by atoms with Crippen LogP contribution >= 0.6 is 0 Å². The lowest BCUT2D eigenvalue weighted by Gasteiger charge is -2.27. The van der Waals surface area contributed by atoms with E-state index >= 15 is 0 Å². The third-order valence-corrected chi connectivity index (χ3v) is 6.59.